The monoisotopic (exact) mass is 847 g/mol. The van der Waals surface area contributed by atoms with Gasteiger partial charge in [-0.05, 0) is 38.5 Å². The van der Waals surface area contributed by atoms with E-state index in [-0.39, 0.29) is 19.4 Å². The molecule has 0 fully saturated rings. The summed E-state index contributed by atoms with van der Waals surface area (Å²) in [5.41, 5.74) is 0. The molecule has 0 bridgehead atoms. The molecule has 344 valence electrons. The Labute approximate surface area is 356 Å². The van der Waals surface area contributed by atoms with E-state index in [4.69, 9.17) is 23.6 Å². The van der Waals surface area contributed by atoms with Gasteiger partial charge in [0.15, 0.2) is 6.10 Å². The smallest absolute Gasteiger partial charge is 0.462 e. The van der Waals surface area contributed by atoms with Gasteiger partial charge in [0, 0.05) is 12.8 Å². The van der Waals surface area contributed by atoms with E-state index in [1.54, 1.807) is 0 Å². The molecule has 0 aromatic carbocycles. The maximum atomic E-state index is 12.6. The summed E-state index contributed by atoms with van der Waals surface area (Å²) < 4.78 is 32.8. The first-order valence-corrected chi connectivity index (χ1v) is 25.6. The van der Waals surface area contributed by atoms with Crippen molar-refractivity contribution in [3.8, 4) is 0 Å². The molecule has 11 heteroatoms. The van der Waals surface area contributed by atoms with Crippen molar-refractivity contribution < 1.29 is 47.8 Å². The quantitative estimate of drug-likeness (QED) is 0.0234. The van der Waals surface area contributed by atoms with E-state index >= 15 is 0 Å². The first kappa shape index (κ1) is 56.7. The van der Waals surface area contributed by atoms with Crippen LogP contribution in [0.4, 0.5) is 0 Å². The van der Waals surface area contributed by atoms with Crippen LogP contribution in [0, 0.1) is 0 Å². The topological polar surface area (TPSA) is 149 Å². The van der Waals surface area contributed by atoms with Gasteiger partial charge in [0.25, 0.3) is 0 Å². The van der Waals surface area contributed by atoms with Gasteiger partial charge in [0.05, 0.1) is 19.8 Å². The van der Waals surface area contributed by atoms with Crippen LogP contribution >= 0.6 is 7.82 Å². The standard InChI is InChI=1S/C47H91O10P/c1-3-5-7-9-11-13-15-17-19-21-23-25-27-29-31-33-35-37-39-47(51)57-45(43-56-58(52,53)55-41-44(49)40-48)42-54-46(50)38-36-34-32-30-28-26-24-22-20-18-16-14-12-10-8-6-4-2/h19,21,44-45,48-49H,3-18,20,22-43H2,1-2H3,(H,52,53)/b21-19-. The van der Waals surface area contributed by atoms with Crippen molar-refractivity contribution in [3.05, 3.63) is 12.2 Å². The Bertz CT molecular complexity index is 977. The van der Waals surface area contributed by atoms with Crippen LogP contribution in [0.3, 0.4) is 0 Å². The van der Waals surface area contributed by atoms with Gasteiger partial charge >= 0.3 is 19.8 Å². The number of rotatable bonds is 46. The van der Waals surface area contributed by atoms with E-state index < -0.39 is 51.8 Å². The highest BCUT2D eigenvalue weighted by Crippen LogP contribution is 2.43. The van der Waals surface area contributed by atoms with Crippen molar-refractivity contribution in [1.82, 2.24) is 0 Å². The lowest BCUT2D eigenvalue weighted by atomic mass is 10.0. The third-order valence-corrected chi connectivity index (χ3v) is 11.6. The number of allylic oxidation sites excluding steroid dienone is 2. The molecule has 3 atom stereocenters. The van der Waals surface area contributed by atoms with Crippen molar-refractivity contribution in [2.75, 3.05) is 26.4 Å². The number of hydrogen-bond acceptors (Lipinski definition) is 9. The number of aliphatic hydroxyl groups excluding tert-OH is 2. The molecule has 10 nitrogen and oxygen atoms in total. The predicted octanol–water partition coefficient (Wildman–Crippen LogP) is 13.2. The number of phosphoric ester groups is 1. The van der Waals surface area contributed by atoms with Gasteiger partial charge in [0.2, 0.25) is 0 Å². The fourth-order valence-electron chi connectivity index (χ4n) is 6.93. The maximum Gasteiger partial charge on any atom is 0.472 e. The van der Waals surface area contributed by atoms with E-state index in [0.29, 0.717) is 12.8 Å². The molecular weight excluding hydrogens is 755 g/mol. The molecule has 3 unspecified atom stereocenters. The van der Waals surface area contributed by atoms with Crippen LogP contribution in [0.1, 0.15) is 239 Å². The fraction of sp³-hybridized carbons (Fsp3) is 0.915. The summed E-state index contributed by atoms with van der Waals surface area (Å²) in [5, 5.41) is 18.4. The number of aliphatic hydroxyl groups is 2. The van der Waals surface area contributed by atoms with E-state index in [9.17, 15) is 24.2 Å². The molecule has 0 aliphatic rings. The lowest BCUT2D eigenvalue weighted by Crippen LogP contribution is -2.29. The van der Waals surface area contributed by atoms with Crippen molar-refractivity contribution in [3.63, 3.8) is 0 Å². The molecule has 0 rings (SSSR count). The van der Waals surface area contributed by atoms with Gasteiger partial charge in [-0.1, -0.05) is 199 Å². The highest BCUT2D eigenvalue weighted by Gasteiger charge is 2.27. The lowest BCUT2D eigenvalue weighted by Gasteiger charge is -2.20. The number of ether oxygens (including phenoxy) is 2. The maximum absolute atomic E-state index is 12.6. The number of carbonyl (C=O) groups is 2. The first-order valence-electron chi connectivity index (χ1n) is 24.1. The average Bonchev–Trinajstić information content (AvgIpc) is 3.21. The first-order chi connectivity index (χ1) is 28.2. The molecule has 0 saturated heterocycles. The second kappa shape index (κ2) is 43.8. The molecule has 58 heavy (non-hydrogen) atoms. The van der Waals surface area contributed by atoms with Crippen LogP contribution in [0.5, 0.6) is 0 Å². The average molecular weight is 847 g/mol. The largest absolute Gasteiger partial charge is 0.472 e. The van der Waals surface area contributed by atoms with Crippen LogP contribution in [-0.4, -0.2) is 65.7 Å². The lowest BCUT2D eigenvalue weighted by molar-refractivity contribution is -0.161. The van der Waals surface area contributed by atoms with Gasteiger partial charge in [-0.3, -0.25) is 18.6 Å². The molecule has 0 aromatic rings. The third kappa shape index (κ3) is 42.8. The molecule has 0 saturated carbocycles. The summed E-state index contributed by atoms with van der Waals surface area (Å²) in [4.78, 5) is 35.1. The fourth-order valence-corrected chi connectivity index (χ4v) is 7.72. The predicted molar refractivity (Wildman–Crippen MR) is 238 cm³/mol. The van der Waals surface area contributed by atoms with Gasteiger partial charge in [-0.2, -0.15) is 0 Å². The Morgan fingerprint density at radius 1 is 0.500 bits per heavy atom. The minimum absolute atomic E-state index is 0.184. The van der Waals surface area contributed by atoms with Gasteiger partial charge < -0.3 is 24.6 Å². The van der Waals surface area contributed by atoms with Crippen LogP contribution < -0.4 is 0 Å². The summed E-state index contributed by atoms with van der Waals surface area (Å²) in [7, 11) is -4.62. The second-order valence-corrected chi connectivity index (χ2v) is 17.9. The van der Waals surface area contributed by atoms with E-state index in [2.05, 4.69) is 26.0 Å². The van der Waals surface area contributed by atoms with Crippen molar-refractivity contribution in [1.29, 1.82) is 0 Å². The normalized spacial score (nSPS) is 13.8. The van der Waals surface area contributed by atoms with Crippen LogP contribution in [-0.2, 0) is 32.7 Å². The number of unbranched alkanes of at least 4 members (excludes halogenated alkanes) is 30. The van der Waals surface area contributed by atoms with Gasteiger partial charge in [-0.15, -0.1) is 0 Å². The number of phosphoric acid groups is 1. The van der Waals surface area contributed by atoms with Crippen molar-refractivity contribution in [2.45, 2.75) is 251 Å². The summed E-state index contributed by atoms with van der Waals surface area (Å²) in [6.07, 6.45) is 43.1. The summed E-state index contributed by atoms with van der Waals surface area (Å²) in [6, 6.07) is 0. The molecule has 0 aromatic heterocycles. The molecule has 0 aliphatic carbocycles. The molecule has 0 radical (unpaired) electrons. The highest BCUT2D eigenvalue weighted by atomic mass is 31.2. The SMILES string of the molecule is CCCCCCCCC/C=C\CCCCCCCCCC(=O)OC(COC(=O)CCCCCCCCCCCCCCCCCCC)COP(=O)(O)OCC(O)CO. The van der Waals surface area contributed by atoms with E-state index in [1.807, 2.05) is 0 Å². The zero-order valence-corrected chi connectivity index (χ0v) is 38.4. The van der Waals surface area contributed by atoms with E-state index in [1.165, 1.54) is 154 Å². The third-order valence-electron chi connectivity index (χ3n) is 10.7. The minimum Gasteiger partial charge on any atom is -0.462 e. The van der Waals surface area contributed by atoms with Crippen molar-refractivity contribution in [2.24, 2.45) is 0 Å². The van der Waals surface area contributed by atoms with Crippen LogP contribution in [0.2, 0.25) is 0 Å². The zero-order chi connectivity index (χ0) is 42.6. The minimum atomic E-state index is -4.62. The Balaban J connectivity index is 4.20. The summed E-state index contributed by atoms with van der Waals surface area (Å²) >= 11 is 0. The molecule has 0 spiro atoms. The zero-order valence-electron chi connectivity index (χ0n) is 37.5. The summed E-state index contributed by atoms with van der Waals surface area (Å²) in [5.74, 6) is -0.915. The van der Waals surface area contributed by atoms with Crippen molar-refractivity contribution >= 4 is 19.8 Å². The van der Waals surface area contributed by atoms with E-state index in [0.717, 1.165) is 44.9 Å². The van der Waals surface area contributed by atoms with Gasteiger partial charge in [-0.25, -0.2) is 4.57 Å². The Kier molecular flexibility index (Phi) is 42.8. The van der Waals surface area contributed by atoms with Gasteiger partial charge in [0.1, 0.15) is 12.7 Å². The number of carbonyl (C=O) groups excluding carboxylic acids is 2. The Morgan fingerprint density at radius 2 is 0.845 bits per heavy atom. The summed E-state index contributed by atoms with van der Waals surface area (Å²) in [6.45, 7) is 2.42. The second-order valence-electron chi connectivity index (χ2n) is 16.5. The van der Waals surface area contributed by atoms with Crippen LogP contribution in [0.25, 0.3) is 0 Å². The number of esters is 2. The highest BCUT2D eigenvalue weighted by molar-refractivity contribution is 7.47. The number of hydrogen-bond donors (Lipinski definition) is 3. The molecule has 0 amide bonds. The Morgan fingerprint density at radius 3 is 1.24 bits per heavy atom. The molecule has 0 heterocycles. The Hall–Kier alpha value is -1.29. The van der Waals surface area contributed by atoms with Crippen LogP contribution in [0.15, 0.2) is 12.2 Å². The molecule has 0 aliphatic heterocycles. The molecule has 3 N–H and O–H groups in total. The molecular formula is C47H91O10P.